The molecule has 0 amide bonds. The van der Waals surface area contributed by atoms with E-state index in [-0.39, 0.29) is 6.01 Å². The van der Waals surface area contributed by atoms with Crippen LogP contribution in [0, 0.1) is 0 Å². The summed E-state index contributed by atoms with van der Waals surface area (Å²) in [7, 11) is 1.65. The van der Waals surface area contributed by atoms with Crippen LogP contribution in [0.15, 0.2) is 46.9 Å². The van der Waals surface area contributed by atoms with Crippen LogP contribution in [0.25, 0.3) is 11.1 Å². The van der Waals surface area contributed by atoms with Crippen molar-refractivity contribution >= 4 is 17.1 Å². The van der Waals surface area contributed by atoms with Gasteiger partial charge in [-0.3, -0.25) is 0 Å². The summed E-state index contributed by atoms with van der Waals surface area (Å²) in [5, 5.41) is 0. The lowest BCUT2D eigenvalue weighted by Gasteiger charge is -2.07. The summed E-state index contributed by atoms with van der Waals surface area (Å²) in [5.41, 5.74) is 8.29. The predicted molar refractivity (Wildman–Crippen MR) is 85.2 cm³/mol. The zero-order valence-electron chi connectivity index (χ0n) is 12.4. The van der Waals surface area contributed by atoms with Gasteiger partial charge in [-0.05, 0) is 48.7 Å². The number of oxazole rings is 1. The molecule has 0 saturated heterocycles. The van der Waals surface area contributed by atoms with E-state index in [0.29, 0.717) is 6.61 Å². The molecule has 0 aliphatic rings. The molecule has 3 rings (SSSR count). The third kappa shape index (κ3) is 3.14. The molecule has 0 radical (unpaired) electrons. The Morgan fingerprint density at radius 3 is 2.64 bits per heavy atom. The van der Waals surface area contributed by atoms with E-state index >= 15 is 0 Å². The van der Waals surface area contributed by atoms with Gasteiger partial charge in [0.05, 0.1) is 13.7 Å². The van der Waals surface area contributed by atoms with Crippen molar-refractivity contribution in [1.29, 1.82) is 0 Å². The minimum atomic E-state index is 0.205. The van der Waals surface area contributed by atoms with Crippen molar-refractivity contribution in [3.05, 3.63) is 48.0 Å². The molecule has 5 heteroatoms. The van der Waals surface area contributed by atoms with Gasteiger partial charge < -0.3 is 19.6 Å². The summed E-state index contributed by atoms with van der Waals surface area (Å²) in [4.78, 5) is 4.23. The fourth-order valence-electron chi connectivity index (χ4n) is 2.35. The topological polar surface area (TPSA) is 70.5 Å². The van der Waals surface area contributed by atoms with E-state index in [9.17, 15) is 0 Å². The van der Waals surface area contributed by atoms with E-state index in [1.807, 2.05) is 42.5 Å². The monoisotopic (exact) mass is 298 g/mol. The van der Waals surface area contributed by atoms with Gasteiger partial charge in [-0.15, -0.1) is 0 Å². The maximum absolute atomic E-state index is 5.72. The lowest BCUT2D eigenvalue weighted by molar-refractivity contribution is 0.310. The average Bonchev–Trinajstić information content (AvgIpc) is 2.93. The van der Waals surface area contributed by atoms with Crippen molar-refractivity contribution in [2.45, 2.75) is 12.8 Å². The molecule has 1 heterocycles. The van der Waals surface area contributed by atoms with Crippen LogP contribution in [0.3, 0.4) is 0 Å². The number of ether oxygens (including phenoxy) is 2. The van der Waals surface area contributed by atoms with Crippen LogP contribution in [0.5, 0.6) is 11.5 Å². The largest absolute Gasteiger partial charge is 0.497 e. The minimum Gasteiger partial charge on any atom is -0.497 e. The third-order valence-electron chi connectivity index (χ3n) is 3.44. The Bertz CT molecular complexity index is 750. The highest BCUT2D eigenvalue weighted by Crippen LogP contribution is 2.22. The molecule has 0 aliphatic carbocycles. The van der Waals surface area contributed by atoms with E-state index < -0.39 is 0 Å². The van der Waals surface area contributed by atoms with Gasteiger partial charge in [0.15, 0.2) is 5.58 Å². The first-order chi connectivity index (χ1) is 10.8. The molecule has 0 saturated carbocycles. The van der Waals surface area contributed by atoms with Crippen molar-refractivity contribution in [2.75, 3.05) is 19.5 Å². The van der Waals surface area contributed by atoms with Gasteiger partial charge in [-0.25, -0.2) is 0 Å². The van der Waals surface area contributed by atoms with Gasteiger partial charge in [-0.1, -0.05) is 12.1 Å². The minimum absolute atomic E-state index is 0.205. The summed E-state index contributed by atoms with van der Waals surface area (Å²) < 4.78 is 16.2. The van der Waals surface area contributed by atoms with Crippen LogP contribution in [0.4, 0.5) is 6.01 Å². The standard InChI is InChI=1S/C17H18N2O3/c1-20-13-7-9-14(10-8-13)21-11-3-5-12-4-2-6-15-16(12)19-17(18)22-15/h2,4,6-10H,3,5,11H2,1H3,(H2,18,19). The second-order valence-corrected chi connectivity index (χ2v) is 4.94. The maximum atomic E-state index is 5.72. The molecule has 0 aliphatic heterocycles. The Kier molecular flexibility index (Phi) is 4.14. The SMILES string of the molecule is COc1ccc(OCCCc2cccc3oc(N)nc23)cc1. The van der Waals surface area contributed by atoms with Crippen LogP contribution >= 0.6 is 0 Å². The van der Waals surface area contributed by atoms with Gasteiger partial charge in [0.2, 0.25) is 0 Å². The molecule has 114 valence electrons. The number of nitrogens with two attached hydrogens (primary N) is 1. The molecule has 0 spiro atoms. The average molecular weight is 298 g/mol. The summed E-state index contributed by atoms with van der Waals surface area (Å²) in [5.74, 6) is 1.66. The van der Waals surface area contributed by atoms with Crippen LogP contribution in [0.2, 0.25) is 0 Å². The van der Waals surface area contributed by atoms with Crippen molar-refractivity contribution in [3.63, 3.8) is 0 Å². The van der Waals surface area contributed by atoms with Crippen molar-refractivity contribution in [2.24, 2.45) is 0 Å². The maximum Gasteiger partial charge on any atom is 0.292 e. The van der Waals surface area contributed by atoms with Gasteiger partial charge >= 0.3 is 0 Å². The van der Waals surface area contributed by atoms with Crippen molar-refractivity contribution in [3.8, 4) is 11.5 Å². The van der Waals surface area contributed by atoms with Gasteiger partial charge in [0.1, 0.15) is 17.0 Å². The first-order valence-electron chi connectivity index (χ1n) is 7.17. The first-order valence-corrected chi connectivity index (χ1v) is 7.17. The van der Waals surface area contributed by atoms with E-state index in [1.54, 1.807) is 7.11 Å². The molecule has 22 heavy (non-hydrogen) atoms. The lowest BCUT2D eigenvalue weighted by Crippen LogP contribution is -2.00. The molecule has 0 fully saturated rings. The number of para-hydroxylation sites is 1. The van der Waals surface area contributed by atoms with E-state index in [2.05, 4.69) is 4.98 Å². The molecule has 3 aromatic rings. The molecule has 2 N–H and O–H groups in total. The number of methoxy groups -OCH3 is 1. The van der Waals surface area contributed by atoms with Gasteiger partial charge in [-0.2, -0.15) is 4.98 Å². The fraction of sp³-hybridized carbons (Fsp3) is 0.235. The molecule has 0 atom stereocenters. The van der Waals surface area contributed by atoms with Crippen LogP contribution in [-0.4, -0.2) is 18.7 Å². The number of rotatable bonds is 6. The number of anilines is 1. The molecule has 0 bridgehead atoms. The second-order valence-electron chi connectivity index (χ2n) is 4.94. The molecule has 1 aromatic heterocycles. The van der Waals surface area contributed by atoms with Crippen LogP contribution < -0.4 is 15.2 Å². The summed E-state index contributed by atoms with van der Waals surface area (Å²) in [6.07, 6.45) is 1.75. The molecule has 5 nitrogen and oxygen atoms in total. The normalized spacial score (nSPS) is 10.8. The zero-order valence-corrected chi connectivity index (χ0v) is 12.4. The lowest BCUT2D eigenvalue weighted by atomic mass is 10.1. The fourth-order valence-corrected chi connectivity index (χ4v) is 2.35. The summed E-state index contributed by atoms with van der Waals surface area (Å²) in [6, 6.07) is 13.6. The number of hydrogen-bond acceptors (Lipinski definition) is 5. The number of aromatic nitrogens is 1. The molecular weight excluding hydrogens is 280 g/mol. The van der Waals surface area contributed by atoms with Crippen LogP contribution in [0.1, 0.15) is 12.0 Å². The van der Waals surface area contributed by atoms with E-state index in [4.69, 9.17) is 19.6 Å². The molecular formula is C17H18N2O3. The van der Waals surface area contributed by atoms with Gasteiger partial charge in [0, 0.05) is 0 Å². The number of aryl methyl sites for hydroxylation is 1. The second kappa shape index (κ2) is 6.39. The van der Waals surface area contributed by atoms with Crippen molar-refractivity contribution in [1.82, 2.24) is 4.98 Å². The number of hydrogen-bond donors (Lipinski definition) is 1. The quantitative estimate of drug-likeness (QED) is 0.706. The van der Waals surface area contributed by atoms with Gasteiger partial charge in [0.25, 0.3) is 6.01 Å². The predicted octanol–water partition coefficient (Wildman–Crippen LogP) is 3.43. The first kappa shape index (κ1) is 14.3. The Morgan fingerprint density at radius 1 is 1.09 bits per heavy atom. The highest BCUT2D eigenvalue weighted by molar-refractivity contribution is 5.77. The number of nitrogen functional groups attached to an aromatic ring is 1. The number of nitrogens with zero attached hydrogens (tertiary/aromatic N) is 1. The Balaban J connectivity index is 1.55. The highest BCUT2D eigenvalue weighted by atomic mass is 16.5. The molecule has 2 aromatic carbocycles. The molecule has 0 unspecified atom stereocenters. The Hall–Kier alpha value is -2.69. The summed E-state index contributed by atoms with van der Waals surface area (Å²) in [6.45, 7) is 0.635. The number of fused-ring (bicyclic) bond motifs is 1. The van der Waals surface area contributed by atoms with Crippen LogP contribution in [-0.2, 0) is 6.42 Å². The highest BCUT2D eigenvalue weighted by Gasteiger charge is 2.07. The van der Waals surface area contributed by atoms with E-state index in [0.717, 1.165) is 41.0 Å². The Labute approximate surface area is 128 Å². The Morgan fingerprint density at radius 2 is 1.86 bits per heavy atom. The van der Waals surface area contributed by atoms with Crippen molar-refractivity contribution < 1.29 is 13.9 Å². The smallest absolute Gasteiger partial charge is 0.292 e. The third-order valence-corrected chi connectivity index (χ3v) is 3.44. The summed E-state index contributed by atoms with van der Waals surface area (Å²) >= 11 is 0. The van der Waals surface area contributed by atoms with E-state index in [1.165, 1.54) is 0 Å². The zero-order chi connectivity index (χ0) is 15.4. The number of benzene rings is 2.